The third-order valence-corrected chi connectivity index (χ3v) is 5.80. The van der Waals surface area contributed by atoms with Crippen LogP contribution in [0.15, 0.2) is 59.7 Å². The molecule has 0 saturated heterocycles. The summed E-state index contributed by atoms with van der Waals surface area (Å²) in [6.07, 6.45) is 6.89. The average Bonchev–Trinajstić information content (AvgIpc) is 3.52. The van der Waals surface area contributed by atoms with Gasteiger partial charge in [-0.05, 0) is 37.9 Å². The zero-order valence-electron chi connectivity index (χ0n) is 20.9. The Morgan fingerprint density at radius 3 is 2.78 bits per heavy atom. The molecule has 0 bridgehead atoms. The third kappa shape index (κ3) is 4.66. The van der Waals surface area contributed by atoms with E-state index in [9.17, 15) is 4.79 Å². The van der Waals surface area contributed by atoms with Gasteiger partial charge < -0.3 is 15.2 Å². The van der Waals surface area contributed by atoms with Gasteiger partial charge >= 0.3 is 0 Å². The highest BCUT2D eigenvalue weighted by molar-refractivity contribution is 5.95. The number of nitrogens with zero attached hydrogens (tertiary/aromatic N) is 7. The highest BCUT2D eigenvalue weighted by Gasteiger charge is 2.18. The van der Waals surface area contributed by atoms with Crippen LogP contribution in [0.4, 0.5) is 11.5 Å². The minimum Gasteiger partial charge on any atom is -0.336 e. The lowest BCUT2D eigenvalue weighted by molar-refractivity contribution is -0.118. The van der Waals surface area contributed by atoms with E-state index in [-0.39, 0.29) is 11.8 Å². The molecule has 0 aliphatic carbocycles. The van der Waals surface area contributed by atoms with Gasteiger partial charge in [0.1, 0.15) is 11.0 Å². The molecule has 3 N–H and O–H groups in total. The van der Waals surface area contributed by atoms with Gasteiger partial charge in [-0.25, -0.2) is 15.0 Å². The molecule has 11 nitrogen and oxygen atoms in total. The normalized spacial score (nSPS) is 11.9. The predicted molar refractivity (Wildman–Crippen MR) is 145 cm³/mol. The number of amides is 1. The second-order valence-electron chi connectivity index (χ2n) is 8.93. The molecule has 0 unspecified atom stereocenters. The Hall–Kier alpha value is -4.93. The van der Waals surface area contributed by atoms with Crippen molar-refractivity contribution in [2.24, 2.45) is 10.9 Å². The molecule has 0 aliphatic heterocycles. The molecule has 1 amide bonds. The summed E-state index contributed by atoms with van der Waals surface area (Å²) < 4.78 is 0. The summed E-state index contributed by atoms with van der Waals surface area (Å²) in [5, 5.41) is 10.4. The zero-order chi connectivity index (χ0) is 26.1. The standard InChI is InChI=1S/C26H26N10O/c1-14(2)26(37)30-17-10-16(11-28-12-17)18-6-7-20-21(31-18)23(35-34-20)24-32-19-8-9-29-25(22(19)33-24)36(5)13-15(3)27-4/h6-14H,4H2,1-3,5H3,(H,30,37)(H,32,33)(H,34,35)/b15-13-. The van der Waals surface area contributed by atoms with Crippen molar-refractivity contribution >= 4 is 46.2 Å². The Bertz CT molecular complexity index is 1660. The van der Waals surface area contributed by atoms with Gasteiger partial charge in [-0.2, -0.15) is 5.10 Å². The molecular weight excluding hydrogens is 468 g/mol. The van der Waals surface area contributed by atoms with Crippen molar-refractivity contribution in [3.05, 3.63) is 54.8 Å². The number of carbonyl (C=O) groups excluding carboxylic acids is 1. The molecule has 0 atom stereocenters. The molecule has 37 heavy (non-hydrogen) atoms. The van der Waals surface area contributed by atoms with Crippen LogP contribution in [0.3, 0.4) is 0 Å². The molecule has 186 valence electrons. The van der Waals surface area contributed by atoms with E-state index in [0.717, 1.165) is 22.3 Å². The summed E-state index contributed by atoms with van der Waals surface area (Å²) in [5.41, 5.74) is 6.35. The van der Waals surface area contributed by atoms with E-state index < -0.39 is 0 Å². The zero-order valence-corrected chi connectivity index (χ0v) is 20.9. The van der Waals surface area contributed by atoms with Crippen molar-refractivity contribution in [2.45, 2.75) is 20.8 Å². The first-order valence-electron chi connectivity index (χ1n) is 11.7. The van der Waals surface area contributed by atoms with Crippen LogP contribution in [0.1, 0.15) is 20.8 Å². The maximum atomic E-state index is 12.1. The molecule has 0 saturated carbocycles. The lowest BCUT2D eigenvalue weighted by Gasteiger charge is -2.13. The smallest absolute Gasteiger partial charge is 0.226 e. The van der Waals surface area contributed by atoms with Gasteiger partial charge in [-0.1, -0.05) is 13.8 Å². The van der Waals surface area contributed by atoms with Crippen LogP contribution in [0.2, 0.25) is 0 Å². The van der Waals surface area contributed by atoms with Crippen LogP contribution in [0.5, 0.6) is 0 Å². The van der Waals surface area contributed by atoms with Crippen LogP contribution in [0, 0.1) is 5.92 Å². The van der Waals surface area contributed by atoms with E-state index in [4.69, 9.17) is 9.97 Å². The quantitative estimate of drug-likeness (QED) is 0.282. The number of fused-ring (bicyclic) bond motifs is 2. The number of carbonyl (C=O) groups is 1. The van der Waals surface area contributed by atoms with Crippen molar-refractivity contribution in [3.8, 4) is 22.8 Å². The van der Waals surface area contributed by atoms with Crippen LogP contribution in [0.25, 0.3) is 44.8 Å². The van der Waals surface area contributed by atoms with Crippen LogP contribution in [-0.2, 0) is 4.79 Å². The van der Waals surface area contributed by atoms with Crippen molar-refractivity contribution < 1.29 is 4.79 Å². The number of nitrogens with one attached hydrogen (secondary N) is 3. The molecule has 5 aromatic rings. The number of imidazole rings is 1. The fourth-order valence-electron chi connectivity index (χ4n) is 3.83. The molecule has 5 rings (SSSR count). The van der Waals surface area contributed by atoms with Gasteiger partial charge in [0, 0.05) is 37.1 Å². The van der Waals surface area contributed by atoms with E-state index in [1.54, 1.807) is 18.6 Å². The summed E-state index contributed by atoms with van der Waals surface area (Å²) in [7, 11) is 1.88. The van der Waals surface area contributed by atoms with Gasteiger partial charge in [-0.15, -0.1) is 0 Å². The molecule has 0 radical (unpaired) electrons. The minimum absolute atomic E-state index is 0.0738. The summed E-state index contributed by atoms with van der Waals surface area (Å²) in [6, 6.07) is 7.51. The molecule has 0 aromatic carbocycles. The van der Waals surface area contributed by atoms with Crippen LogP contribution in [-0.4, -0.2) is 54.8 Å². The van der Waals surface area contributed by atoms with Gasteiger partial charge in [0.2, 0.25) is 5.91 Å². The van der Waals surface area contributed by atoms with Gasteiger partial charge in [-0.3, -0.25) is 19.9 Å². The Morgan fingerprint density at radius 1 is 1.16 bits per heavy atom. The van der Waals surface area contributed by atoms with E-state index in [2.05, 4.69) is 42.2 Å². The number of hydrogen-bond acceptors (Lipinski definition) is 8. The topological polar surface area (TPSA) is 141 Å². The lowest BCUT2D eigenvalue weighted by Crippen LogP contribution is -2.17. The summed E-state index contributed by atoms with van der Waals surface area (Å²) in [4.78, 5) is 39.7. The number of pyridine rings is 3. The number of rotatable bonds is 7. The number of hydrogen-bond donors (Lipinski definition) is 3. The van der Waals surface area contributed by atoms with E-state index in [0.29, 0.717) is 39.8 Å². The molecule has 0 fully saturated rings. The Morgan fingerprint density at radius 2 is 2.00 bits per heavy atom. The number of aromatic amines is 2. The molecule has 5 heterocycles. The summed E-state index contributed by atoms with van der Waals surface area (Å²) >= 11 is 0. The summed E-state index contributed by atoms with van der Waals surface area (Å²) in [5.74, 6) is 1.02. The van der Waals surface area contributed by atoms with E-state index in [1.807, 2.05) is 63.2 Å². The maximum Gasteiger partial charge on any atom is 0.226 e. The largest absolute Gasteiger partial charge is 0.336 e. The molecule has 11 heteroatoms. The minimum atomic E-state index is -0.135. The first kappa shape index (κ1) is 23.8. The SMILES string of the molecule is C=N/C(C)=C\N(C)c1nccc2[nH]c(-c3n[nH]c4ccc(-c5cncc(NC(=O)C(C)C)c5)nc34)nc12. The lowest BCUT2D eigenvalue weighted by atomic mass is 10.1. The highest BCUT2D eigenvalue weighted by atomic mass is 16.1. The van der Waals surface area contributed by atoms with Crippen molar-refractivity contribution in [2.75, 3.05) is 17.3 Å². The number of aliphatic imine (C=N–C) groups is 1. The number of aromatic nitrogens is 7. The average molecular weight is 495 g/mol. The molecule has 0 spiro atoms. The maximum absolute atomic E-state index is 12.1. The molecule has 5 aromatic heterocycles. The van der Waals surface area contributed by atoms with Crippen molar-refractivity contribution in [3.63, 3.8) is 0 Å². The van der Waals surface area contributed by atoms with Gasteiger partial charge in [0.05, 0.1) is 34.3 Å². The number of H-pyrrole nitrogens is 2. The van der Waals surface area contributed by atoms with Crippen LogP contribution >= 0.6 is 0 Å². The Balaban J connectivity index is 1.54. The van der Waals surface area contributed by atoms with E-state index >= 15 is 0 Å². The van der Waals surface area contributed by atoms with Crippen molar-refractivity contribution in [1.29, 1.82) is 0 Å². The first-order valence-corrected chi connectivity index (χ1v) is 11.7. The number of anilines is 2. The molecular formula is C26H26N10O. The fourth-order valence-corrected chi connectivity index (χ4v) is 3.83. The molecule has 0 aliphatic rings. The highest BCUT2D eigenvalue weighted by Crippen LogP contribution is 2.30. The van der Waals surface area contributed by atoms with Crippen molar-refractivity contribution in [1.82, 2.24) is 35.1 Å². The van der Waals surface area contributed by atoms with Gasteiger partial charge in [0.25, 0.3) is 0 Å². The second-order valence-corrected chi connectivity index (χ2v) is 8.93. The predicted octanol–water partition coefficient (Wildman–Crippen LogP) is 4.55. The van der Waals surface area contributed by atoms with E-state index in [1.165, 1.54) is 0 Å². The Kier molecular flexibility index (Phi) is 6.18. The Labute approximate surface area is 212 Å². The fraction of sp³-hybridized carbons (Fsp3) is 0.192. The number of allylic oxidation sites excluding steroid dienone is 1. The monoisotopic (exact) mass is 494 g/mol. The van der Waals surface area contributed by atoms with Crippen LogP contribution < -0.4 is 10.2 Å². The van der Waals surface area contributed by atoms with Gasteiger partial charge in [0.15, 0.2) is 17.3 Å². The third-order valence-electron chi connectivity index (χ3n) is 5.80. The summed E-state index contributed by atoms with van der Waals surface area (Å²) in [6.45, 7) is 9.11. The second kappa shape index (κ2) is 9.61. The first-order chi connectivity index (χ1) is 17.8.